The molecule has 0 atom stereocenters. The zero-order valence-corrected chi connectivity index (χ0v) is 2.35. The molecule has 0 fully saturated rings. The maximum Gasteiger partial charge on any atom is 0 e. The predicted molar refractivity (Wildman–Crippen MR) is 40.4 cm³/mol. The second-order valence-electron chi connectivity index (χ2n) is 0. The molecule has 7 heavy (non-hydrogen) atoms. The maximum absolute atomic E-state index is 0. The summed E-state index contributed by atoms with van der Waals surface area (Å²) < 4.78 is 0. The molecule has 0 radical (unpaired) electrons. The normalized spacial score (nSPS) is 0. The van der Waals surface area contributed by atoms with Gasteiger partial charge in [-0.25, -0.2) is 0 Å². The minimum atomic E-state index is 0. The average Bonchev–Trinajstić information content (AvgIpc) is 0. The van der Waals surface area contributed by atoms with Crippen LogP contribution in [-0.4, -0.2) is 0 Å². The van der Waals surface area contributed by atoms with E-state index in [4.69, 9.17) is 0 Å². The molecule has 0 heterocycles. The first kappa shape index (κ1) is 270. The molecular weight excluding hydrogens is 235 g/mol. The summed E-state index contributed by atoms with van der Waals surface area (Å²) >= 11 is 0. The Balaban J connectivity index is 0. The molecule has 0 aliphatic carbocycles. The minimum Gasteiger partial charge on any atom is -0.0776 e. The summed E-state index contributed by atoms with van der Waals surface area (Å²) in [6.07, 6.45) is 0. The van der Waals surface area contributed by atoms with Crippen LogP contribution in [0.1, 0.15) is 44.6 Å². The maximum atomic E-state index is 0. The van der Waals surface area contributed by atoms with Crippen LogP contribution in [0.4, 0.5) is 0 Å². The van der Waals surface area contributed by atoms with Crippen LogP contribution in [0.25, 0.3) is 0 Å². The Kier molecular flexibility index (Phi) is 6820. The smallest absolute Gasteiger partial charge is 0 e. The second kappa shape index (κ2) is 177. The van der Waals surface area contributed by atoms with Gasteiger partial charge in [0.15, 0.2) is 0 Å². The zero-order valence-electron chi connectivity index (χ0n) is 0.316. The average molecular weight is 259 g/mol. The molecule has 0 unspecified atom stereocenters. The summed E-state index contributed by atoms with van der Waals surface area (Å²) in [7, 11) is 0. The molecule has 0 saturated heterocycles. The van der Waals surface area contributed by atoms with Crippen LogP contribution in [0.5, 0.6) is 0 Å². The van der Waals surface area contributed by atoms with Crippen LogP contribution >= 0.6 is 0 Å². The third kappa shape index (κ3) is 125. The van der Waals surface area contributed by atoms with Crippen molar-refractivity contribution in [1.29, 1.82) is 0 Å². The van der Waals surface area contributed by atoms with E-state index in [1.807, 2.05) is 0 Å². The Labute approximate surface area is 82.1 Å². The van der Waals surface area contributed by atoms with E-state index in [1.165, 1.54) is 0 Å². The SMILES string of the molecule is C.C.C.C.C.C.[Dy]. The van der Waals surface area contributed by atoms with Crippen molar-refractivity contribution < 1.29 is 38.2 Å². The zero-order chi connectivity index (χ0) is 0. The van der Waals surface area contributed by atoms with Crippen LogP contribution in [0.15, 0.2) is 0 Å². The summed E-state index contributed by atoms with van der Waals surface area (Å²) in [5.41, 5.74) is 0. The Morgan fingerprint density at radius 3 is 0.286 bits per heavy atom. The Hall–Kier alpha value is 1.27. The summed E-state index contributed by atoms with van der Waals surface area (Å²) in [4.78, 5) is 0. The van der Waals surface area contributed by atoms with Crippen molar-refractivity contribution in [3.05, 3.63) is 0 Å². The number of hydrogen-bond acceptors (Lipinski definition) is 0. The van der Waals surface area contributed by atoms with E-state index in [0.29, 0.717) is 0 Å². The van der Waals surface area contributed by atoms with Gasteiger partial charge in [0.2, 0.25) is 0 Å². The summed E-state index contributed by atoms with van der Waals surface area (Å²) in [6, 6.07) is 0. The quantitative estimate of drug-likeness (QED) is 0.620. The van der Waals surface area contributed by atoms with Crippen molar-refractivity contribution in [2.75, 3.05) is 0 Å². The summed E-state index contributed by atoms with van der Waals surface area (Å²) in [5, 5.41) is 0. The largest absolute Gasteiger partial charge is 0.0776 e. The van der Waals surface area contributed by atoms with Gasteiger partial charge in [0, 0.05) is 38.2 Å². The van der Waals surface area contributed by atoms with Gasteiger partial charge >= 0.3 is 0 Å². The molecule has 58 valence electrons. The van der Waals surface area contributed by atoms with Crippen molar-refractivity contribution in [3.63, 3.8) is 0 Å². The number of rotatable bonds is 0. The van der Waals surface area contributed by atoms with Gasteiger partial charge in [0.05, 0.1) is 0 Å². The van der Waals surface area contributed by atoms with Crippen molar-refractivity contribution in [2.24, 2.45) is 0 Å². The molecule has 0 aromatic heterocycles. The van der Waals surface area contributed by atoms with Gasteiger partial charge in [-0.15, -0.1) is 0 Å². The van der Waals surface area contributed by atoms with Gasteiger partial charge < -0.3 is 0 Å². The van der Waals surface area contributed by atoms with Crippen LogP contribution < -0.4 is 0 Å². The van der Waals surface area contributed by atoms with Crippen molar-refractivity contribution in [1.82, 2.24) is 0 Å². The van der Waals surface area contributed by atoms with Gasteiger partial charge in [-0.1, -0.05) is 44.6 Å². The molecule has 0 aliphatic heterocycles. The monoisotopic (exact) mass is 260 g/mol. The fraction of sp³-hybridized carbons (Fsp3) is 1.00. The molecule has 0 rings (SSSR count). The molecule has 1 heteroatoms. The first-order valence-corrected chi connectivity index (χ1v) is 0. The van der Waals surface area contributed by atoms with Gasteiger partial charge in [-0.2, -0.15) is 0 Å². The third-order valence-corrected chi connectivity index (χ3v) is 0. The Bertz CT molecular complexity index is 4.14. The van der Waals surface area contributed by atoms with Gasteiger partial charge in [0.25, 0.3) is 0 Å². The summed E-state index contributed by atoms with van der Waals surface area (Å²) in [5.74, 6) is 0. The van der Waals surface area contributed by atoms with E-state index in [2.05, 4.69) is 0 Å². The summed E-state index contributed by atoms with van der Waals surface area (Å²) in [6.45, 7) is 0. The van der Waals surface area contributed by atoms with E-state index >= 15 is 0 Å². The Morgan fingerprint density at radius 1 is 0.286 bits per heavy atom. The first-order chi connectivity index (χ1) is 0. The standard InChI is InChI=1S/6CH4.Dy/h6*1H4;. The molecule has 0 aromatic rings. The molecule has 0 aliphatic rings. The van der Waals surface area contributed by atoms with Crippen LogP contribution in [-0.2, 0) is 0 Å². The van der Waals surface area contributed by atoms with Gasteiger partial charge in [-0.05, 0) is 0 Å². The molecule has 0 spiro atoms. The topological polar surface area (TPSA) is 0 Å². The second-order valence-corrected chi connectivity index (χ2v) is 0. The van der Waals surface area contributed by atoms with Crippen LogP contribution in [0, 0.1) is 38.2 Å². The fourth-order valence-corrected chi connectivity index (χ4v) is 0. The van der Waals surface area contributed by atoms with E-state index in [-0.39, 0.29) is 82.7 Å². The van der Waals surface area contributed by atoms with Crippen LogP contribution in [0.2, 0.25) is 0 Å². The predicted octanol–water partition coefficient (Wildman–Crippen LogP) is 3.82. The molecule has 0 amide bonds. The van der Waals surface area contributed by atoms with E-state index in [0.717, 1.165) is 0 Å². The number of hydrogen-bond donors (Lipinski definition) is 0. The van der Waals surface area contributed by atoms with Gasteiger partial charge in [-0.3, -0.25) is 0 Å². The molecule has 0 nitrogen and oxygen atoms in total. The molecule has 0 aromatic carbocycles. The molecule has 0 saturated carbocycles. The van der Waals surface area contributed by atoms with E-state index < -0.39 is 0 Å². The molecule has 0 bridgehead atoms. The molecule has 0 N–H and O–H groups in total. The van der Waals surface area contributed by atoms with Crippen LogP contribution in [0.3, 0.4) is 0 Å². The minimum absolute atomic E-state index is 0. The van der Waals surface area contributed by atoms with E-state index in [9.17, 15) is 0 Å². The van der Waals surface area contributed by atoms with Crippen molar-refractivity contribution in [3.8, 4) is 0 Å². The first-order valence-electron chi connectivity index (χ1n) is 0. The Morgan fingerprint density at radius 2 is 0.286 bits per heavy atom. The fourth-order valence-electron chi connectivity index (χ4n) is 0. The van der Waals surface area contributed by atoms with Gasteiger partial charge in [0.1, 0.15) is 0 Å². The van der Waals surface area contributed by atoms with E-state index in [1.54, 1.807) is 0 Å². The molecular formula is C6H24Dy. The van der Waals surface area contributed by atoms with Crippen molar-refractivity contribution in [2.45, 2.75) is 44.6 Å². The third-order valence-electron chi connectivity index (χ3n) is 0. The van der Waals surface area contributed by atoms with Crippen molar-refractivity contribution >= 4 is 0 Å².